The SMILES string of the molecule is CCCOc1ccc(Cl)cc1/C=C1\C(=O)N(c2ccc(S(N)(=O)=O)cc2)N=C1C. The van der Waals surface area contributed by atoms with Gasteiger partial charge < -0.3 is 4.74 Å². The number of sulfonamides is 1. The molecule has 2 aromatic rings. The van der Waals surface area contributed by atoms with Crippen LogP contribution in [0.25, 0.3) is 6.08 Å². The molecule has 0 aromatic heterocycles. The second-order valence-electron chi connectivity index (χ2n) is 6.43. The highest BCUT2D eigenvalue weighted by molar-refractivity contribution is 7.89. The van der Waals surface area contributed by atoms with E-state index in [-0.39, 0.29) is 10.8 Å². The van der Waals surface area contributed by atoms with Crippen LogP contribution in [-0.2, 0) is 14.8 Å². The fraction of sp³-hybridized carbons (Fsp3) is 0.200. The fourth-order valence-electron chi connectivity index (χ4n) is 2.77. The number of primary sulfonamides is 1. The molecule has 1 aliphatic rings. The number of halogens is 1. The van der Waals surface area contributed by atoms with Gasteiger partial charge in [-0.25, -0.2) is 13.6 Å². The van der Waals surface area contributed by atoms with E-state index in [0.29, 0.717) is 39.9 Å². The van der Waals surface area contributed by atoms with Crippen LogP contribution < -0.4 is 14.9 Å². The number of nitrogens with two attached hydrogens (primary N) is 1. The Balaban J connectivity index is 1.93. The maximum absolute atomic E-state index is 12.9. The van der Waals surface area contributed by atoms with Crippen LogP contribution in [0.1, 0.15) is 25.8 Å². The van der Waals surface area contributed by atoms with Crippen LogP contribution in [0.3, 0.4) is 0 Å². The van der Waals surface area contributed by atoms with E-state index in [2.05, 4.69) is 5.10 Å². The number of hydrogen-bond acceptors (Lipinski definition) is 5. The van der Waals surface area contributed by atoms with Crippen molar-refractivity contribution < 1.29 is 17.9 Å². The lowest BCUT2D eigenvalue weighted by Gasteiger charge is -2.12. The first-order chi connectivity index (χ1) is 13.7. The summed E-state index contributed by atoms with van der Waals surface area (Å²) in [5.74, 6) is 0.285. The third kappa shape index (κ3) is 4.67. The lowest BCUT2D eigenvalue weighted by molar-refractivity contribution is -0.114. The van der Waals surface area contributed by atoms with Crippen LogP contribution in [0, 0.1) is 0 Å². The lowest BCUT2D eigenvalue weighted by Crippen LogP contribution is -2.21. The molecule has 0 aliphatic carbocycles. The van der Waals surface area contributed by atoms with Crippen LogP contribution in [0.15, 0.2) is 58.0 Å². The number of benzene rings is 2. The Bertz CT molecular complexity index is 1110. The Morgan fingerprint density at radius 2 is 1.90 bits per heavy atom. The van der Waals surface area contributed by atoms with E-state index in [1.54, 1.807) is 31.2 Å². The van der Waals surface area contributed by atoms with E-state index in [9.17, 15) is 13.2 Å². The van der Waals surface area contributed by atoms with Crippen molar-refractivity contribution in [3.8, 4) is 5.75 Å². The quantitative estimate of drug-likeness (QED) is 0.703. The molecule has 0 atom stereocenters. The molecule has 7 nitrogen and oxygen atoms in total. The van der Waals surface area contributed by atoms with Crippen molar-refractivity contribution in [3.05, 3.63) is 58.6 Å². The van der Waals surface area contributed by atoms with Crippen LogP contribution in [0.4, 0.5) is 5.69 Å². The molecule has 0 saturated carbocycles. The number of nitrogens with zero attached hydrogens (tertiary/aromatic N) is 2. The van der Waals surface area contributed by atoms with Crippen molar-refractivity contribution in [3.63, 3.8) is 0 Å². The molecule has 0 spiro atoms. The molecule has 9 heteroatoms. The lowest BCUT2D eigenvalue weighted by atomic mass is 10.1. The van der Waals surface area contributed by atoms with E-state index in [4.69, 9.17) is 21.5 Å². The van der Waals surface area contributed by atoms with Crippen LogP contribution in [0.5, 0.6) is 5.75 Å². The van der Waals surface area contributed by atoms with Crippen molar-refractivity contribution in [1.29, 1.82) is 0 Å². The Morgan fingerprint density at radius 3 is 2.52 bits per heavy atom. The number of anilines is 1. The van der Waals surface area contributed by atoms with E-state index in [1.807, 2.05) is 6.92 Å². The summed E-state index contributed by atoms with van der Waals surface area (Å²) in [6.07, 6.45) is 2.54. The van der Waals surface area contributed by atoms with Crippen LogP contribution in [0.2, 0.25) is 5.02 Å². The molecule has 1 amide bonds. The average molecular weight is 434 g/mol. The van der Waals surface area contributed by atoms with Crippen LogP contribution in [-0.4, -0.2) is 26.6 Å². The topological polar surface area (TPSA) is 102 Å². The second-order valence-corrected chi connectivity index (χ2v) is 8.43. The van der Waals surface area contributed by atoms with Gasteiger partial charge in [-0.2, -0.15) is 10.1 Å². The van der Waals surface area contributed by atoms with E-state index in [0.717, 1.165) is 6.42 Å². The number of amides is 1. The summed E-state index contributed by atoms with van der Waals surface area (Å²) in [5.41, 5.74) is 2.02. The van der Waals surface area contributed by atoms with Gasteiger partial charge in [0, 0.05) is 10.6 Å². The monoisotopic (exact) mass is 433 g/mol. The summed E-state index contributed by atoms with van der Waals surface area (Å²) in [6, 6.07) is 10.8. The number of carbonyl (C=O) groups is 1. The van der Waals surface area contributed by atoms with E-state index < -0.39 is 10.0 Å². The minimum Gasteiger partial charge on any atom is -0.493 e. The van der Waals surface area contributed by atoms with Crippen molar-refractivity contribution in [1.82, 2.24) is 0 Å². The van der Waals surface area contributed by atoms with Gasteiger partial charge in [0.2, 0.25) is 10.0 Å². The van der Waals surface area contributed by atoms with Gasteiger partial charge in [-0.15, -0.1) is 0 Å². The molecule has 0 saturated heterocycles. The normalized spacial score (nSPS) is 15.7. The summed E-state index contributed by atoms with van der Waals surface area (Å²) >= 11 is 6.12. The van der Waals surface area contributed by atoms with Gasteiger partial charge in [-0.1, -0.05) is 18.5 Å². The molecule has 0 unspecified atom stereocenters. The number of hydrogen-bond donors (Lipinski definition) is 1. The molecule has 2 N–H and O–H groups in total. The Morgan fingerprint density at radius 1 is 1.21 bits per heavy atom. The molecule has 152 valence electrons. The van der Waals surface area contributed by atoms with Crippen molar-refractivity contribution in [2.24, 2.45) is 10.2 Å². The van der Waals surface area contributed by atoms with Gasteiger partial charge in [-0.3, -0.25) is 4.79 Å². The summed E-state index contributed by atoms with van der Waals surface area (Å²) in [7, 11) is -3.81. The molecule has 2 aromatic carbocycles. The highest BCUT2D eigenvalue weighted by atomic mass is 35.5. The minimum atomic E-state index is -3.81. The largest absolute Gasteiger partial charge is 0.493 e. The first kappa shape index (κ1) is 21.0. The molecule has 0 fully saturated rings. The third-order valence-electron chi connectivity index (χ3n) is 4.21. The zero-order valence-corrected chi connectivity index (χ0v) is 17.5. The summed E-state index contributed by atoms with van der Waals surface area (Å²) < 4.78 is 28.6. The predicted octanol–water partition coefficient (Wildman–Crippen LogP) is 3.58. The van der Waals surface area contributed by atoms with Gasteiger partial charge in [0.15, 0.2) is 0 Å². The van der Waals surface area contributed by atoms with Gasteiger partial charge in [-0.05, 0) is 61.9 Å². The molecule has 0 bridgehead atoms. The van der Waals surface area contributed by atoms with Crippen molar-refractivity contribution >= 4 is 45.0 Å². The molecule has 3 rings (SSSR count). The average Bonchev–Trinajstić information content (AvgIpc) is 2.95. The number of ether oxygens (including phenoxy) is 1. The number of hydrazone groups is 1. The smallest absolute Gasteiger partial charge is 0.280 e. The molecule has 0 radical (unpaired) electrons. The zero-order valence-electron chi connectivity index (χ0n) is 15.9. The highest BCUT2D eigenvalue weighted by Crippen LogP contribution is 2.30. The van der Waals surface area contributed by atoms with Gasteiger partial charge >= 0.3 is 0 Å². The Hall–Kier alpha value is -2.68. The molecule has 29 heavy (non-hydrogen) atoms. The molecule has 1 aliphatic heterocycles. The fourth-order valence-corrected chi connectivity index (χ4v) is 3.46. The Kier molecular flexibility index (Phi) is 6.07. The summed E-state index contributed by atoms with van der Waals surface area (Å²) in [4.78, 5) is 12.9. The predicted molar refractivity (Wildman–Crippen MR) is 114 cm³/mol. The minimum absolute atomic E-state index is 0.0407. The molecular weight excluding hydrogens is 414 g/mol. The number of rotatable bonds is 6. The zero-order chi connectivity index (χ0) is 21.2. The van der Waals surface area contributed by atoms with Crippen molar-refractivity contribution in [2.75, 3.05) is 11.6 Å². The van der Waals surface area contributed by atoms with E-state index in [1.165, 1.54) is 29.3 Å². The first-order valence-corrected chi connectivity index (χ1v) is 10.8. The van der Waals surface area contributed by atoms with Gasteiger partial charge in [0.05, 0.1) is 28.5 Å². The number of carbonyl (C=O) groups excluding carboxylic acids is 1. The van der Waals surface area contributed by atoms with Gasteiger partial charge in [0.1, 0.15) is 5.75 Å². The maximum Gasteiger partial charge on any atom is 0.280 e. The van der Waals surface area contributed by atoms with Crippen molar-refractivity contribution in [2.45, 2.75) is 25.2 Å². The second kappa shape index (κ2) is 8.36. The standard InChI is InChI=1S/C20H20ClN3O4S/c1-3-10-28-19-9-4-15(21)11-14(19)12-18-13(2)23-24(20(18)25)16-5-7-17(8-6-16)29(22,26)27/h4-9,11-12H,3,10H2,1-2H3,(H2,22,26,27)/b18-12-. The summed E-state index contributed by atoms with van der Waals surface area (Å²) in [6.45, 7) is 4.27. The molecular formula is C20H20ClN3O4S. The van der Waals surface area contributed by atoms with Crippen LogP contribution >= 0.6 is 11.6 Å². The summed E-state index contributed by atoms with van der Waals surface area (Å²) in [5, 5.41) is 11.1. The van der Waals surface area contributed by atoms with E-state index >= 15 is 0 Å². The maximum atomic E-state index is 12.9. The Labute approximate surface area is 174 Å². The molecule has 1 heterocycles. The first-order valence-electron chi connectivity index (χ1n) is 8.87. The third-order valence-corrected chi connectivity index (χ3v) is 5.37. The highest BCUT2D eigenvalue weighted by Gasteiger charge is 2.29. The van der Waals surface area contributed by atoms with Gasteiger partial charge in [0.25, 0.3) is 5.91 Å².